The van der Waals surface area contributed by atoms with Crippen LogP contribution in [0.25, 0.3) is 0 Å². The maximum absolute atomic E-state index is 12.6. The van der Waals surface area contributed by atoms with Gasteiger partial charge < -0.3 is 9.47 Å². The molecule has 0 fully saturated rings. The van der Waals surface area contributed by atoms with Crippen LogP contribution in [-0.4, -0.2) is 28.3 Å². The number of anilines is 1. The Morgan fingerprint density at radius 3 is 2.52 bits per heavy atom. The minimum Gasteiger partial charge on any atom is -0.494 e. The number of ether oxygens (including phenoxy) is 2. The third-order valence-electron chi connectivity index (χ3n) is 3.97. The molecule has 1 heterocycles. The topological polar surface area (TPSA) is 73.3 Å². The summed E-state index contributed by atoms with van der Waals surface area (Å²) in [6.45, 7) is 3.98. The monoisotopic (exact) mass is 431 g/mol. The van der Waals surface area contributed by atoms with Crippen molar-refractivity contribution in [1.82, 2.24) is 10.2 Å². The first-order chi connectivity index (χ1) is 13.9. The van der Waals surface area contributed by atoms with E-state index in [-0.39, 0.29) is 5.91 Å². The van der Waals surface area contributed by atoms with Crippen LogP contribution in [0.2, 0.25) is 5.02 Å². The van der Waals surface area contributed by atoms with Crippen molar-refractivity contribution in [3.8, 4) is 11.5 Å². The summed E-state index contributed by atoms with van der Waals surface area (Å²) >= 11 is 7.22. The molecule has 0 bridgehead atoms. The number of nitrogens with one attached hydrogen (secondary N) is 1. The number of benzene rings is 2. The third-order valence-corrected chi connectivity index (χ3v) is 5.12. The molecule has 29 heavy (non-hydrogen) atoms. The van der Waals surface area contributed by atoms with Crippen molar-refractivity contribution in [1.29, 1.82) is 0 Å². The molecular formula is C21H22ClN3O3S. The van der Waals surface area contributed by atoms with Gasteiger partial charge in [-0.25, -0.2) is 0 Å². The Labute approximate surface area is 178 Å². The predicted molar refractivity (Wildman–Crippen MR) is 115 cm³/mol. The molecule has 0 aliphatic rings. The van der Waals surface area contributed by atoms with Crippen molar-refractivity contribution < 1.29 is 14.3 Å². The van der Waals surface area contributed by atoms with E-state index < -0.39 is 5.60 Å². The van der Waals surface area contributed by atoms with Crippen LogP contribution in [0.1, 0.15) is 25.3 Å². The fraction of sp³-hybridized carbons (Fsp3) is 0.286. The summed E-state index contributed by atoms with van der Waals surface area (Å²) in [6.07, 6.45) is 1.54. The van der Waals surface area contributed by atoms with Crippen LogP contribution in [0.5, 0.6) is 11.5 Å². The standard InChI is InChI=1S/C21H22ClN3O3S/c1-21(2,28-17-12-10-15(22)11-13-17)19(26)23-20-25-24-18(29-20)9-6-14-27-16-7-4-3-5-8-16/h3-5,7-8,10-13H,6,9,14H2,1-2H3,(H,23,25,26). The molecule has 8 heteroatoms. The van der Waals surface area contributed by atoms with E-state index in [2.05, 4.69) is 15.5 Å². The fourth-order valence-corrected chi connectivity index (χ4v) is 3.33. The van der Waals surface area contributed by atoms with E-state index in [1.807, 2.05) is 30.3 Å². The number of rotatable bonds is 9. The quantitative estimate of drug-likeness (QED) is 0.482. The molecule has 0 aliphatic carbocycles. The SMILES string of the molecule is CC(C)(Oc1ccc(Cl)cc1)C(=O)Nc1nnc(CCCOc2ccccc2)s1. The maximum atomic E-state index is 12.6. The molecule has 0 radical (unpaired) electrons. The lowest BCUT2D eigenvalue weighted by atomic mass is 10.1. The van der Waals surface area contributed by atoms with E-state index in [1.165, 1.54) is 11.3 Å². The zero-order valence-corrected chi connectivity index (χ0v) is 17.8. The molecule has 1 aromatic heterocycles. The van der Waals surface area contributed by atoms with Crippen molar-refractivity contribution in [2.45, 2.75) is 32.3 Å². The highest BCUT2D eigenvalue weighted by Crippen LogP contribution is 2.23. The predicted octanol–water partition coefficient (Wildman–Crippen LogP) is 5.00. The number of hydrogen-bond acceptors (Lipinski definition) is 6. The Morgan fingerprint density at radius 2 is 1.79 bits per heavy atom. The first-order valence-corrected chi connectivity index (χ1v) is 10.4. The first kappa shape index (κ1) is 21.1. The van der Waals surface area contributed by atoms with Crippen LogP contribution in [-0.2, 0) is 11.2 Å². The molecule has 0 saturated carbocycles. The lowest BCUT2D eigenvalue weighted by Gasteiger charge is -2.24. The number of aromatic nitrogens is 2. The van der Waals surface area contributed by atoms with Gasteiger partial charge in [0, 0.05) is 11.4 Å². The van der Waals surface area contributed by atoms with E-state index in [4.69, 9.17) is 21.1 Å². The zero-order valence-electron chi connectivity index (χ0n) is 16.2. The normalized spacial score (nSPS) is 11.1. The van der Waals surface area contributed by atoms with Crippen LogP contribution in [0.4, 0.5) is 5.13 Å². The van der Waals surface area contributed by atoms with Gasteiger partial charge in [-0.3, -0.25) is 10.1 Å². The number of carbonyl (C=O) groups is 1. The summed E-state index contributed by atoms with van der Waals surface area (Å²) in [7, 11) is 0. The van der Waals surface area contributed by atoms with Crippen molar-refractivity contribution in [2.75, 3.05) is 11.9 Å². The van der Waals surface area contributed by atoms with Crippen LogP contribution < -0.4 is 14.8 Å². The summed E-state index contributed by atoms with van der Waals surface area (Å²) in [5.74, 6) is 1.11. The first-order valence-electron chi connectivity index (χ1n) is 9.19. The van der Waals surface area contributed by atoms with Crippen LogP contribution in [0.15, 0.2) is 54.6 Å². The molecule has 3 rings (SSSR count). The van der Waals surface area contributed by atoms with Gasteiger partial charge in [-0.15, -0.1) is 10.2 Å². The average Bonchev–Trinajstić information content (AvgIpc) is 3.15. The molecule has 0 atom stereocenters. The van der Waals surface area contributed by atoms with Gasteiger partial charge >= 0.3 is 0 Å². The molecule has 0 aliphatic heterocycles. The minimum atomic E-state index is -1.08. The molecule has 3 aromatic rings. The molecule has 1 N–H and O–H groups in total. The van der Waals surface area contributed by atoms with Crippen molar-refractivity contribution in [3.63, 3.8) is 0 Å². The summed E-state index contributed by atoms with van der Waals surface area (Å²) in [4.78, 5) is 12.6. The lowest BCUT2D eigenvalue weighted by molar-refractivity contribution is -0.128. The van der Waals surface area contributed by atoms with E-state index in [0.29, 0.717) is 22.5 Å². The Morgan fingerprint density at radius 1 is 1.07 bits per heavy atom. The van der Waals surface area contributed by atoms with Gasteiger partial charge in [-0.05, 0) is 56.7 Å². The Balaban J connectivity index is 1.47. The maximum Gasteiger partial charge on any atom is 0.269 e. The molecule has 0 saturated heterocycles. The van der Waals surface area contributed by atoms with Gasteiger partial charge in [0.05, 0.1) is 6.61 Å². The Bertz CT molecular complexity index is 930. The van der Waals surface area contributed by atoms with E-state index in [1.54, 1.807) is 38.1 Å². The number of carbonyl (C=O) groups excluding carboxylic acids is 1. The number of nitrogens with zero attached hydrogens (tertiary/aromatic N) is 2. The van der Waals surface area contributed by atoms with Crippen molar-refractivity contribution in [2.24, 2.45) is 0 Å². The van der Waals surface area contributed by atoms with Crippen molar-refractivity contribution >= 4 is 34.0 Å². The zero-order chi connectivity index (χ0) is 20.7. The van der Waals surface area contributed by atoms with Gasteiger partial charge in [-0.1, -0.05) is 41.1 Å². The molecule has 2 aromatic carbocycles. The molecular weight excluding hydrogens is 410 g/mol. The van der Waals surface area contributed by atoms with E-state index in [9.17, 15) is 4.79 Å². The van der Waals surface area contributed by atoms with Gasteiger partial charge in [0.25, 0.3) is 5.91 Å². The average molecular weight is 432 g/mol. The third kappa shape index (κ3) is 6.44. The fourth-order valence-electron chi connectivity index (χ4n) is 2.43. The number of para-hydroxylation sites is 1. The van der Waals surface area contributed by atoms with E-state index >= 15 is 0 Å². The van der Waals surface area contributed by atoms with Crippen molar-refractivity contribution in [3.05, 3.63) is 64.6 Å². The highest BCUT2D eigenvalue weighted by molar-refractivity contribution is 7.15. The van der Waals surface area contributed by atoms with Crippen LogP contribution >= 0.6 is 22.9 Å². The van der Waals surface area contributed by atoms with Gasteiger partial charge in [0.2, 0.25) is 5.13 Å². The Kier molecular flexibility index (Phi) is 7.06. The molecule has 0 spiro atoms. The smallest absolute Gasteiger partial charge is 0.269 e. The van der Waals surface area contributed by atoms with Gasteiger partial charge in [-0.2, -0.15) is 0 Å². The highest BCUT2D eigenvalue weighted by Gasteiger charge is 2.31. The summed E-state index contributed by atoms with van der Waals surface area (Å²) < 4.78 is 11.5. The largest absolute Gasteiger partial charge is 0.494 e. The summed E-state index contributed by atoms with van der Waals surface area (Å²) in [6, 6.07) is 16.5. The number of aryl methyl sites for hydroxylation is 1. The Hall–Kier alpha value is -2.64. The molecule has 1 amide bonds. The number of halogens is 1. The molecule has 6 nitrogen and oxygen atoms in total. The highest BCUT2D eigenvalue weighted by atomic mass is 35.5. The number of hydrogen-bond donors (Lipinski definition) is 1. The minimum absolute atomic E-state index is 0.303. The van der Waals surface area contributed by atoms with Gasteiger partial charge in [0.15, 0.2) is 5.60 Å². The molecule has 152 valence electrons. The van der Waals surface area contributed by atoms with Crippen LogP contribution in [0.3, 0.4) is 0 Å². The van der Waals surface area contributed by atoms with E-state index in [0.717, 1.165) is 23.6 Å². The second-order valence-electron chi connectivity index (χ2n) is 6.79. The second-order valence-corrected chi connectivity index (χ2v) is 8.28. The molecule has 0 unspecified atom stereocenters. The number of amides is 1. The second kappa shape index (κ2) is 9.71. The summed E-state index contributed by atoms with van der Waals surface area (Å²) in [5, 5.41) is 12.8. The van der Waals surface area contributed by atoms with Gasteiger partial charge in [0.1, 0.15) is 16.5 Å². The lowest BCUT2D eigenvalue weighted by Crippen LogP contribution is -2.42. The van der Waals surface area contributed by atoms with Crippen LogP contribution in [0, 0.1) is 0 Å². The summed E-state index contributed by atoms with van der Waals surface area (Å²) in [5.41, 5.74) is -1.08.